The normalized spacial score (nSPS) is 23.0. The molecule has 2 aliphatic heterocycles. The Labute approximate surface area is 185 Å². The van der Waals surface area contributed by atoms with Crippen molar-refractivity contribution in [3.8, 4) is 51.4 Å². The number of halogens is 1. The summed E-state index contributed by atoms with van der Waals surface area (Å²) in [5.74, 6) is -2.93. The molecule has 12 heteroatoms. The van der Waals surface area contributed by atoms with Crippen LogP contribution in [0.5, 0.6) is 28.7 Å². The van der Waals surface area contributed by atoms with Gasteiger partial charge in [-0.25, -0.2) is 0 Å². The number of phenolic OH excluding ortho intramolecular Hbond substituents is 4. The Kier molecular flexibility index (Phi) is 6.39. The molecule has 1 saturated heterocycles. The van der Waals surface area contributed by atoms with E-state index in [2.05, 4.69) is 0 Å². The van der Waals surface area contributed by atoms with E-state index in [9.17, 15) is 40.5 Å². The molecule has 1 aliphatic carbocycles. The van der Waals surface area contributed by atoms with Crippen LogP contribution < -0.4 is 10.2 Å². The van der Waals surface area contributed by atoms with Crippen LogP contribution >= 0.6 is 12.4 Å². The topological polar surface area (TPSA) is 190 Å². The smallest absolute Gasteiger partial charge is 0.229 e. The fraction of sp³-hybridized carbons (Fsp3) is 0.250. The zero-order valence-corrected chi connectivity index (χ0v) is 16.9. The Hall–Kier alpha value is -3.22. The Balaban J connectivity index is 0.00000289. The predicted octanol–water partition coefficient (Wildman–Crippen LogP) is 0.474. The number of aromatic hydroxyl groups is 4. The van der Waals surface area contributed by atoms with Gasteiger partial charge in [-0.2, -0.15) is 0 Å². The molecule has 0 bridgehead atoms. The lowest BCUT2D eigenvalue weighted by Gasteiger charge is -2.35. The molecule has 4 atom stereocenters. The van der Waals surface area contributed by atoms with Crippen LogP contribution in [0.3, 0.4) is 0 Å². The third kappa shape index (κ3) is 4.11. The number of aliphatic hydroxyl groups excluding tert-OH is 3. The van der Waals surface area contributed by atoms with Gasteiger partial charge in [-0.15, -0.1) is 12.4 Å². The van der Waals surface area contributed by atoms with Gasteiger partial charge in [0, 0.05) is 17.7 Å². The molecule has 3 aliphatic rings. The second-order valence-electron chi connectivity index (χ2n) is 7.03. The molecule has 2 heterocycles. The number of fused-ring (bicyclic) bond motifs is 1. The predicted molar refractivity (Wildman–Crippen MR) is 109 cm³/mol. The van der Waals surface area contributed by atoms with Crippen LogP contribution in [0.2, 0.25) is 0 Å². The molecule has 0 aromatic heterocycles. The van der Waals surface area contributed by atoms with Gasteiger partial charge in [0.05, 0.1) is 12.2 Å². The molecule has 172 valence electrons. The van der Waals surface area contributed by atoms with Gasteiger partial charge < -0.3 is 49.6 Å². The van der Waals surface area contributed by atoms with Crippen molar-refractivity contribution in [3.05, 3.63) is 40.6 Å². The first-order valence-electron chi connectivity index (χ1n) is 9.04. The number of phenols is 4. The molecular weight excluding hydrogens is 452 g/mol. The summed E-state index contributed by atoms with van der Waals surface area (Å²) >= 11 is 0. The summed E-state index contributed by atoms with van der Waals surface area (Å²) in [6, 6.07) is 5.39. The van der Waals surface area contributed by atoms with Gasteiger partial charge in [-0.3, -0.25) is 4.79 Å². The second kappa shape index (κ2) is 8.73. The highest BCUT2D eigenvalue weighted by Gasteiger charge is 2.39. The van der Waals surface area contributed by atoms with Crippen molar-refractivity contribution < 1.29 is 49.6 Å². The zero-order valence-electron chi connectivity index (χ0n) is 16.1. The molecule has 0 radical (unpaired) electrons. The van der Waals surface area contributed by atoms with Crippen LogP contribution in [0, 0.1) is 0 Å². The van der Waals surface area contributed by atoms with E-state index in [4.69, 9.17) is 13.9 Å². The summed E-state index contributed by atoms with van der Waals surface area (Å²) in [6.45, 7) is -0.339. The van der Waals surface area contributed by atoms with E-state index in [1.165, 1.54) is 6.07 Å². The maximum Gasteiger partial charge on any atom is 0.229 e. The number of benzene rings is 2. The van der Waals surface area contributed by atoms with Crippen LogP contribution in [0.4, 0.5) is 0 Å². The number of hydrogen-bond donors (Lipinski definition) is 7. The van der Waals surface area contributed by atoms with Gasteiger partial charge in [0.15, 0.2) is 34.2 Å². The third-order valence-electron chi connectivity index (χ3n) is 4.83. The third-order valence-corrected chi connectivity index (χ3v) is 4.83. The lowest BCUT2D eigenvalue weighted by atomic mass is 10.0. The summed E-state index contributed by atoms with van der Waals surface area (Å²) in [4.78, 5) is 11.7. The molecule has 4 rings (SSSR count). The van der Waals surface area contributed by atoms with Gasteiger partial charge in [0.2, 0.25) is 6.29 Å². The van der Waals surface area contributed by atoms with Crippen LogP contribution in [-0.2, 0) is 4.74 Å². The van der Waals surface area contributed by atoms with Crippen molar-refractivity contribution in [2.24, 2.45) is 0 Å². The molecule has 0 spiro atoms. The maximum atomic E-state index is 11.7. The molecule has 1 aromatic rings. The molecule has 32 heavy (non-hydrogen) atoms. The molecule has 7 N–H and O–H groups in total. The maximum absolute atomic E-state index is 11.7. The summed E-state index contributed by atoms with van der Waals surface area (Å²) in [5.41, 5.74) is -0.476. The van der Waals surface area contributed by atoms with Gasteiger partial charge in [-0.1, -0.05) is 0 Å². The monoisotopic (exact) mass is 470 g/mol. The van der Waals surface area contributed by atoms with Crippen LogP contribution in [0.1, 0.15) is 0 Å². The van der Waals surface area contributed by atoms with Gasteiger partial charge in [0.25, 0.3) is 0 Å². The minimum absolute atomic E-state index is 0. The lowest BCUT2D eigenvalue weighted by molar-refractivity contribution is -0.242. The van der Waals surface area contributed by atoms with Crippen molar-refractivity contribution in [2.75, 3.05) is 6.61 Å². The summed E-state index contributed by atoms with van der Waals surface area (Å²) in [7, 11) is 0. The first-order valence-corrected chi connectivity index (χ1v) is 9.04. The SMILES string of the molecule is Cl.O=c1cc2oc(-c3cc(O)c(O)c(O)c3)c(O[C@@H]3OC[C@H](O)[C@H](O)[C@H]3O)cc-2c(O)c1. The van der Waals surface area contributed by atoms with Gasteiger partial charge in [-0.05, 0) is 18.2 Å². The Morgan fingerprint density at radius 3 is 2.19 bits per heavy atom. The minimum Gasteiger partial charge on any atom is -0.507 e. The van der Waals surface area contributed by atoms with Gasteiger partial charge >= 0.3 is 0 Å². The standard InChI is InChI=1S/C20H18O11.ClH/c21-8-3-10(22)9-5-15(31-20-18(28)17(27)13(25)6-29-20)19(30-14(9)4-8)7-1-11(23)16(26)12(24)2-7;/h1-5,13,17-18,20,22-28H,6H2;1H/t13-,17-,18+,20-;/m0./s1. The first-order chi connectivity index (χ1) is 14.7. The Morgan fingerprint density at radius 1 is 0.875 bits per heavy atom. The number of hydrogen-bond acceptors (Lipinski definition) is 11. The van der Waals surface area contributed by atoms with Crippen molar-refractivity contribution >= 4 is 12.4 Å². The van der Waals surface area contributed by atoms with E-state index < -0.39 is 53.0 Å². The molecule has 0 amide bonds. The van der Waals surface area contributed by atoms with E-state index in [0.29, 0.717) is 0 Å². The molecule has 11 nitrogen and oxygen atoms in total. The minimum atomic E-state index is -1.65. The van der Waals surface area contributed by atoms with Crippen molar-refractivity contribution in [1.82, 2.24) is 0 Å². The fourth-order valence-electron chi connectivity index (χ4n) is 3.21. The average molecular weight is 471 g/mol. The Morgan fingerprint density at radius 2 is 1.53 bits per heavy atom. The molecule has 0 saturated carbocycles. The summed E-state index contributed by atoms with van der Waals surface area (Å²) in [6.07, 6.45) is -5.99. The highest BCUT2D eigenvalue weighted by Crippen LogP contribution is 2.45. The fourth-order valence-corrected chi connectivity index (χ4v) is 3.21. The first kappa shape index (κ1) is 23.4. The van der Waals surface area contributed by atoms with Crippen molar-refractivity contribution in [2.45, 2.75) is 24.6 Å². The highest BCUT2D eigenvalue weighted by molar-refractivity contribution is 5.85. The quantitative estimate of drug-likeness (QED) is 0.263. The molecule has 0 unspecified atom stereocenters. The summed E-state index contributed by atoms with van der Waals surface area (Å²) in [5, 5.41) is 69.1. The van der Waals surface area contributed by atoms with E-state index in [1.807, 2.05) is 0 Å². The molecular formula is C20H19ClO11. The number of aliphatic hydroxyl groups is 3. The van der Waals surface area contributed by atoms with Crippen LogP contribution in [0.25, 0.3) is 22.6 Å². The van der Waals surface area contributed by atoms with Crippen molar-refractivity contribution in [3.63, 3.8) is 0 Å². The van der Waals surface area contributed by atoms with E-state index in [-0.39, 0.29) is 47.4 Å². The van der Waals surface area contributed by atoms with Crippen LogP contribution in [-0.4, -0.2) is 67.0 Å². The van der Waals surface area contributed by atoms with E-state index in [1.54, 1.807) is 0 Å². The Bertz CT molecular complexity index is 1140. The highest BCUT2D eigenvalue weighted by atomic mass is 35.5. The lowest BCUT2D eigenvalue weighted by Crippen LogP contribution is -2.54. The van der Waals surface area contributed by atoms with Crippen LogP contribution in [0.15, 0.2) is 39.5 Å². The zero-order chi connectivity index (χ0) is 22.4. The molecule has 1 aromatic carbocycles. The van der Waals surface area contributed by atoms with E-state index in [0.717, 1.165) is 24.3 Å². The van der Waals surface area contributed by atoms with E-state index >= 15 is 0 Å². The largest absolute Gasteiger partial charge is 0.507 e. The number of rotatable bonds is 3. The van der Waals surface area contributed by atoms with Gasteiger partial charge in [0.1, 0.15) is 29.8 Å². The number of ether oxygens (including phenoxy) is 2. The van der Waals surface area contributed by atoms with Crippen molar-refractivity contribution in [1.29, 1.82) is 0 Å². The second-order valence-corrected chi connectivity index (χ2v) is 7.03. The summed E-state index contributed by atoms with van der Waals surface area (Å²) < 4.78 is 16.5. The average Bonchev–Trinajstić information content (AvgIpc) is 2.72. The molecule has 1 fully saturated rings.